The second kappa shape index (κ2) is 9.62. The van der Waals surface area contributed by atoms with Crippen molar-refractivity contribution in [3.8, 4) is 5.75 Å². The number of benzene rings is 3. The van der Waals surface area contributed by atoms with Crippen molar-refractivity contribution >= 4 is 34.8 Å². The van der Waals surface area contributed by atoms with Crippen LogP contribution < -0.4 is 20.3 Å². The highest BCUT2D eigenvalue weighted by Gasteiger charge is 2.29. The second-order valence-corrected chi connectivity index (χ2v) is 8.30. The van der Waals surface area contributed by atoms with Crippen LogP contribution in [-0.4, -0.2) is 46.2 Å². The molecule has 4 aromatic rings. The molecule has 2 amide bonds. The van der Waals surface area contributed by atoms with Crippen molar-refractivity contribution in [1.29, 1.82) is 0 Å². The summed E-state index contributed by atoms with van der Waals surface area (Å²) in [6, 6.07) is 15.2. The van der Waals surface area contributed by atoms with Crippen LogP contribution in [0.2, 0.25) is 5.02 Å². The van der Waals surface area contributed by atoms with E-state index in [0.717, 1.165) is 6.07 Å². The van der Waals surface area contributed by atoms with E-state index in [1.165, 1.54) is 11.0 Å². The Bertz CT molecular complexity index is 1430. The normalized spacial score (nSPS) is 13.5. The van der Waals surface area contributed by atoms with Gasteiger partial charge in [0.15, 0.2) is 6.73 Å². The lowest BCUT2D eigenvalue weighted by Crippen LogP contribution is -2.38. The van der Waals surface area contributed by atoms with Gasteiger partial charge < -0.3 is 15.4 Å². The number of nitrogens with zero attached hydrogens (tertiary/aromatic N) is 4. The van der Waals surface area contributed by atoms with Gasteiger partial charge in [-0.3, -0.25) is 14.5 Å². The van der Waals surface area contributed by atoms with E-state index in [1.807, 2.05) is 0 Å². The minimum atomic E-state index is -0.694. The zero-order chi connectivity index (χ0) is 25.2. The van der Waals surface area contributed by atoms with Gasteiger partial charge in [0.25, 0.3) is 11.8 Å². The maximum atomic E-state index is 14.2. The van der Waals surface area contributed by atoms with Crippen LogP contribution in [0.25, 0.3) is 0 Å². The summed E-state index contributed by atoms with van der Waals surface area (Å²) < 4.78 is 19.9. The molecule has 1 atom stereocenters. The number of hydrogen-bond acceptors (Lipinski definition) is 7. The lowest BCUT2D eigenvalue weighted by atomic mass is 10.1. The quantitative estimate of drug-likeness (QED) is 0.364. The highest BCUT2D eigenvalue weighted by Crippen LogP contribution is 2.32. The number of ether oxygens (including phenoxy) is 1. The highest BCUT2D eigenvalue weighted by molar-refractivity contribution is 6.30. The molecular weight excluding hydrogens is 489 g/mol. The molecule has 0 bridgehead atoms. The van der Waals surface area contributed by atoms with Crippen LogP contribution in [0, 0.1) is 5.82 Å². The summed E-state index contributed by atoms with van der Waals surface area (Å²) in [6.07, 6.45) is 0. The molecule has 182 valence electrons. The van der Waals surface area contributed by atoms with Gasteiger partial charge in [0.2, 0.25) is 5.82 Å². The van der Waals surface area contributed by atoms with Crippen LogP contribution in [0.15, 0.2) is 60.7 Å². The highest BCUT2D eigenvalue weighted by atomic mass is 35.5. The molecule has 0 fully saturated rings. The van der Waals surface area contributed by atoms with Crippen LogP contribution >= 0.6 is 11.6 Å². The molecular formula is C24H19ClFN7O3. The van der Waals surface area contributed by atoms with Gasteiger partial charge in [0.1, 0.15) is 17.6 Å². The predicted octanol–water partition coefficient (Wildman–Crippen LogP) is 3.55. The summed E-state index contributed by atoms with van der Waals surface area (Å²) in [6.45, 7) is -0.0547. The Morgan fingerprint density at radius 1 is 1.19 bits per heavy atom. The van der Waals surface area contributed by atoms with E-state index >= 15 is 0 Å². The third-order valence-corrected chi connectivity index (χ3v) is 5.92. The fourth-order valence-corrected chi connectivity index (χ4v) is 4.04. The Morgan fingerprint density at radius 2 is 2.00 bits per heavy atom. The summed E-state index contributed by atoms with van der Waals surface area (Å²) in [5.74, 6) is -0.798. The van der Waals surface area contributed by atoms with Gasteiger partial charge >= 0.3 is 0 Å². The van der Waals surface area contributed by atoms with Crippen molar-refractivity contribution in [3.05, 3.63) is 94.0 Å². The molecule has 0 saturated carbocycles. The van der Waals surface area contributed by atoms with Gasteiger partial charge in [-0.15, -0.1) is 10.2 Å². The van der Waals surface area contributed by atoms with Crippen LogP contribution in [0.1, 0.15) is 38.1 Å². The van der Waals surface area contributed by atoms with E-state index in [2.05, 4.69) is 31.3 Å². The molecule has 12 heteroatoms. The first kappa shape index (κ1) is 23.2. The molecule has 1 aliphatic heterocycles. The van der Waals surface area contributed by atoms with Crippen LogP contribution in [0.5, 0.6) is 5.75 Å². The zero-order valence-electron chi connectivity index (χ0n) is 18.8. The number of amides is 2. The third-order valence-electron chi connectivity index (χ3n) is 5.68. The maximum absolute atomic E-state index is 14.2. The summed E-state index contributed by atoms with van der Waals surface area (Å²) in [5.41, 5.74) is 1.86. The molecule has 0 aliphatic carbocycles. The lowest BCUT2D eigenvalue weighted by molar-refractivity contribution is 0.0932. The van der Waals surface area contributed by atoms with Crippen molar-refractivity contribution in [2.24, 2.45) is 0 Å². The van der Waals surface area contributed by atoms with Crippen molar-refractivity contribution in [2.45, 2.75) is 6.04 Å². The van der Waals surface area contributed by atoms with Crippen LogP contribution in [-0.2, 0) is 0 Å². The molecule has 1 unspecified atom stereocenters. The molecule has 5 rings (SSSR count). The zero-order valence-corrected chi connectivity index (χ0v) is 19.6. The first-order chi connectivity index (χ1) is 17.4. The molecule has 1 aliphatic rings. The van der Waals surface area contributed by atoms with Crippen LogP contribution in [0.4, 0.5) is 15.8 Å². The van der Waals surface area contributed by atoms with Crippen molar-refractivity contribution < 1.29 is 18.7 Å². The molecule has 36 heavy (non-hydrogen) atoms. The van der Waals surface area contributed by atoms with Crippen LogP contribution in [0.3, 0.4) is 0 Å². The minimum Gasteiger partial charge on any atom is -0.472 e. The second-order valence-electron chi connectivity index (χ2n) is 7.86. The van der Waals surface area contributed by atoms with E-state index in [4.69, 9.17) is 16.3 Å². The smallest absolute Gasteiger partial charge is 0.264 e. The minimum absolute atomic E-state index is 0.0547. The Kier molecular flexibility index (Phi) is 6.21. The number of fused-ring (bicyclic) bond motifs is 1. The van der Waals surface area contributed by atoms with Crippen molar-refractivity contribution in [2.75, 3.05) is 24.0 Å². The van der Waals surface area contributed by atoms with Gasteiger partial charge in [0.05, 0.1) is 11.3 Å². The standard InChI is InChI=1S/C24H19ClFN7O3/c1-27-19-11-20-17(10-18(19)26)24(35)33(12-36-20)16-7-5-13(6-8-16)23(34)28-21(22-29-31-32-30-22)14-3-2-4-15(25)9-14/h2-11,21,27H,12H2,1H3,(H,28,34)(H,29,30,31,32). The molecule has 3 aromatic carbocycles. The molecule has 3 N–H and O–H groups in total. The summed E-state index contributed by atoms with van der Waals surface area (Å²) in [7, 11) is 1.58. The van der Waals surface area contributed by atoms with E-state index in [9.17, 15) is 14.0 Å². The van der Waals surface area contributed by atoms with E-state index in [0.29, 0.717) is 27.6 Å². The number of nitrogens with one attached hydrogen (secondary N) is 3. The van der Waals surface area contributed by atoms with E-state index in [-0.39, 0.29) is 23.8 Å². The van der Waals surface area contributed by atoms with Crippen molar-refractivity contribution in [1.82, 2.24) is 25.9 Å². The average Bonchev–Trinajstić information content (AvgIpc) is 3.42. The molecule has 0 saturated heterocycles. The number of aromatic amines is 1. The van der Waals surface area contributed by atoms with Gasteiger partial charge in [-0.2, -0.15) is 5.21 Å². The number of hydrogen-bond donors (Lipinski definition) is 3. The van der Waals surface area contributed by atoms with Gasteiger partial charge in [-0.05, 0) is 48.0 Å². The molecule has 2 heterocycles. The predicted molar refractivity (Wildman–Crippen MR) is 130 cm³/mol. The topological polar surface area (TPSA) is 125 Å². The van der Waals surface area contributed by atoms with Gasteiger partial charge in [0, 0.05) is 29.4 Å². The first-order valence-corrected chi connectivity index (χ1v) is 11.2. The number of anilines is 2. The Morgan fingerprint density at radius 3 is 2.69 bits per heavy atom. The SMILES string of the molecule is CNc1cc2c(cc1F)C(=O)N(c1ccc(C(=O)NC(c3cccc(Cl)c3)c3nn[nH]n3)cc1)CO2. The first-order valence-electron chi connectivity index (χ1n) is 10.8. The Hall–Kier alpha value is -4.51. The Balaban J connectivity index is 1.35. The van der Waals surface area contributed by atoms with Crippen molar-refractivity contribution in [3.63, 3.8) is 0 Å². The van der Waals surface area contributed by atoms with Gasteiger partial charge in [-0.25, -0.2) is 4.39 Å². The fraction of sp³-hybridized carbons (Fsp3) is 0.125. The summed E-state index contributed by atoms with van der Waals surface area (Å²) in [4.78, 5) is 27.4. The Labute approximate surface area is 209 Å². The third kappa shape index (κ3) is 4.43. The number of tetrazole rings is 1. The molecule has 10 nitrogen and oxygen atoms in total. The lowest BCUT2D eigenvalue weighted by Gasteiger charge is -2.29. The number of carbonyl (C=O) groups is 2. The monoisotopic (exact) mass is 507 g/mol. The fourth-order valence-electron chi connectivity index (χ4n) is 3.84. The number of halogens is 2. The number of aromatic nitrogens is 4. The molecule has 1 aromatic heterocycles. The number of rotatable bonds is 6. The number of carbonyl (C=O) groups excluding carboxylic acids is 2. The molecule has 0 radical (unpaired) electrons. The summed E-state index contributed by atoms with van der Waals surface area (Å²) in [5, 5.41) is 20.0. The molecule has 0 spiro atoms. The summed E-state index contributed by atoms with van der Waals surface area (Å²) >= 11 is 6.12. The van der Waals surface area contributed by atoms with Gasteiger partial charge in [-0.1, -0.05) is 28.9 Å². The van der Waals surface area contributed by atoms with E-state index in [1.54, 1.807) is 55.6 Å². The maximum Gasteiger partial charge on any atom is 0.264 e. The largest absolute Gasteiger partial charge is 0.472 e. The van der Waals surface area contributed by atoms with E-state index < -0.39 is 23.7 Å². The average molecular weight is 508 g/mol. The number of H-pyrrole nitrogens is 1.